The van der Waals surface area contributed by atoms with Crippen LogP contribution in [0.1, 0.15) is 5.56 Å². The van der Waals surface area contributed by atoms with Crippen molar-refractivity contribution >= 4 is 27.5 Å². The van der Waals surface area contributed by atoms with E-state index in [4.69, 9.17) is 16.3 Å². The molecule has 18 heavy (non-hydrogen) atoms. The first-order valence-electron chi connectivity index (χ1n) is 5.12. The number of hydrogen-bond donors (Lipinski definition) is 1. The average Bonchev–Trinajstić information content (AvgIpc) is 2.33. The molecule has 2 aromatic rings. The first-order valence-corrected chi connectivity index (χ1v) is 6.29. The van der Waals surface area contributed by atoms with Crippen LogP contribution in [0.25, 0.3) is 0 Å². The van der Waals surface area contributed by atoms with Crippen molar-refractivity contribution in [1.29, 1.82) is 0 Å². The third-order valence-electron chi connectivity index (χ3n) is 2.31. The van der Waals surface area contributed by atoms with Crippen LogP contribution in [0.3, 0.4) is 0 Å². The molecule has 2 nitrogen and oxygen atoms in total. The van der Waals surface area contributed by atoms with E-state index < -0.39 is 5.82 Å². The normalized spacial score (nSPS) is 10.4. The maximum absolute atomic E-state index is 13.6. The lowest BCUT2D eigenvalue weighted by Crippen LogP contribution is -1.93. The van der Waals surface area contributed by atoms with Crippen molar-refractivity contribution in [3.8, 4) is 11.5 Å². The Kier molecular flexibility index (Phi) is 4.22. The largest absolute Gasteiger partial charge is 0.454 e. The number of aliphatic hydroxyl groups excluding tert-OH is 1. The summed E-state index contributed by atoms with van der Waals surface area (Å²) in [5.41, 5.74) is 0.543. The molecule has 0 fully saturated rings. The van der Waals surface area contributed by atoms with Crippen LogP contribution in [0.15, 0.2) is 40.9 Å². The molecule has 0 bridgehead atoms. The number of ether oxygens (including phenoxy) is 1. The number of benzene rings is 2. The average molecular weight is 332 g/mol. The lowest BCUT2D eigenvalue weighted by atomic mass is 10.2. The molecule has 0 unspecified atom stereocenters. The molecule has 94 valence electrons. The second kappa shape index (κ2) is 5.69. The van der Waals surface area contributed by atoms with Crippen LogP contribution in [0.4, 0.5) is 4.39 Å². The van der Waals surface area contributed by atoms with Gasteiger partial charge in [-0.3, -0.25) is 0 Å². The smallest absolute Gasteiger partial charge is 0.166 e. The minimum absolute atomic E-state index is 0.0789. The Morgan fingerprint density at radius 1 is 1.17 bits per heavy atom. The molecule has 0 saturated carbocycles. The van der Waals surface area contributed by atoms with Gasteiger partial charge in [-0.05, 0) is 30.3 Å². The molecule has 2 rings (SSSR count). The van der Waals surface area contributed by atoms with Gasteiger partial charge in [0.1, 0.15) is 5.75 Å². The van der Waals surface area contributed by atoms with Crippen LogP contribution in [0, 0.1) is 5.82 Å². The fourth-order valence-corrected chi connectivity index (χ4v) is 1.93. The van der Waals surface area contributed by atoms with Gasteiger partial charge in [-0.1, -0.05) is 33.6 Å². The number of halogens is 3. The summed E-state index contributed by atoms with van der Waals surface area (Å²) in [6.45, 7) is -0.204. The second-order valence-electron chi connectivity index (χ2n) is 3.59. The molecule has 0 aliphatic rings. The zero-order valence-corrected chi connectivity index (χ0v) is 11.5. The predicted molar refractivity (Wildman–Crippen MR) is 71.5 cm³/mol. The van der Waals surface area contributed by atoms with Gasteiger partial charge in [-0.15, -0.1) is 0 Å². The van der Waals surface area contributed by atoms with Gasteiger partial charge in [0.2, 0.25) is 0 Å². The summed E-state index contributed by atoms with van der Waals surface area (Å²) in [6, 6.07) is 9.28. The number of hydrogen-bond acceptors (Lipinski definition) is 2. The first-order chi connectivity index (χ1) is 8.60. The Bertz CT molecular complexity index is 575. The van der Waals surface area contributed by atoms with E-state index in [-0.39, 0.29) is 12.4 Å². The zero-order chi connectivity index (χ0) is 13.1. The predicted octanol–water partition coefficient (Wildman–Crippen LogP) is 4.53. The van der Waals surface area contributed by atoms with E-state index in [9.17, 15) is 9.50 Å². The van der Waals surface area contributed by atoms with Crippen molar-refractivity contribution < 1.29 is 14.2 Å². The molecule has 0 spiro atoms. The third-order valence-corrected chi connectivity index (χ3v) is 3.04. The van der Waals surface area contributed by atoms with Crippen LogP contribution in [0.5, 0.6) is 11.5 Å². The van der Waals surface area contributed by atoms with Gasteiger partial charge in [-0.25, -0.2) is 4.39 Å². The highest BCUT2D eigenvalue weighted by Crippen LogP contribution is 2.31. The Balaban J connectivity index is 2.36. The summed E-state index contributed by atoms with van der Waals surface area (Å²) in [7, 11) is 0. The van der Waals surface area contributed by atoms with E-state index in [1.165, 1.54) is 18.2 Å². The van der Waals surface area contributed by atoms with Crippen molar-refractivity contribution in [2.24, 2.45) is 0 Å². The minimum atomic E-state index is -0.492. The van der Waals surface area contributed by atoms with E-state index in [2.05, 4.69) is 15.9 Å². The zero-order valence-electron chi connectivity index (χ0n) is 9.16. The standard InChI is InChI=1S/C13H9BrClFO2/c14-9-2-4-12(11(16)5-9)18-13-6-10(15)3-1-8(13)7-17/h1-6,17H,7H2. The topological polar surface area (TPSA) is 29.5 Å². The van der Waals surface area contributed by atoms with E-state index >= 15 is 0 Å². The summed E-state index contributed by atoms with van der Waals surface area (Å²) < 4.78 is 19.7. The molecule has 0 aliphatic heterocycles. The molecule has 0 aliphatic carbocycles. The molecule has 0 radical (unpaired) electrons. The minimum Gasteiger partial charge on any atom is -0.454 e. The fraction of sp³-hybridized carbons (Fsp3) is 0.0769. The maximum atomic E-state index is 13.6. The summed E-state index contributed by atoms with van der Waals surface area (Å²) >= 11 is 9.01. The Hall–Kier alpha value is -1.10. The van der Waals surface area contributed by atoms with Crippen molar-refractivity contribution in [2.45, 2.75) is 6.61 Å². The first kappa shape index (κ1) is 13.3. The molecule has 1 N–H and O–H groups in total. The Morgan fingerprint density at radius 2 is 1.94 bits per heavy atom. The maximum Gasteiger partial charge on any atom is 0.166 e. The molecule has 2 aromatic carbocycles. The van der Waals surface area contributed by atoms with Crippen LogP contribution in [-0.4, -0.2) is 5.11 Å². The third kappa shape index (κ3) is 3.02. The molecule has 0 aromatic heterocycles. The van der Waals surface area contributed by atoms with E-state index in [1.807, 2.05) is 0 Å². The number of rotatable bonds is 3. The van der Waals surface area contributed by atoms with Gasteiger partial charge < -0.3 is 9.84 Å². The van der Waals surface area contributed by atoms with Crippen LogP contribution >= 0.6 is 27.5 Å². The molecular formula is C13H9BrClFO2. The van der Waals surface area contributed by atoms with Gasteiger partial charge in [-0.2, -0.15) is 0 Å². The SMILES string of the molecule is OCc1ccc(Cl)cc1Oc1ccc(Br)cc1F. The lowest BCUT2D eigenvalue weighted by molar-refractivity contribution is 0.276. The monoisotopic (exact) mass is 330 g/mol. The Morgan fingerprint density at radius 3 is 2.61 bits per heavy atom. The van der Waals surface area contributed by atoms with E-state index in [1.54, 1.807) is 18.2 Å². The molecule has 0 atom stereocenters. The summed E-state index contributed by atoms with van der Waals surface area (Å²) in [4.78, 5) is 0. The fourth-order valence-electron chi connectivity index (χ4n) is 1.43. The quantitative estimate of drug-likeness (QED) is 0.895. The Labute approximate surface area is 117 Å². The van der Waals surface area contributed by atoms with Crippen molar-refractivity contribution in [3.63, 3.8) is 0 Å². The molecule has 0 heterocycles. The highest BCUT2D eigenvalue weighted by molar-refractivity contribution is 9.10. The number of aliphatic hydroxyl groups is 1. The van der Waals surface area contributed by atoms with Gasteiger partial charge >= 0.3 is 0 Å². The molecule has 0 amide bonds. The van der Waals surface area contributed by atoms with E-state index in [0.29, 0.717) is 20.8 Å². The van der Waals surface area contributed by atoms with Gasteiger partial charge in [0.05, 0.1) is 6.61 Å². The van der Waals surface area contributed by atoms with Crippen LogP contribution < -0.4 is 4.74 Å². The van der Waals surface area contributed by atoms with Crippen molar-refractivity contribution in [1.82, 2.24) is 0 Å². The summed E-state index contributed by atoms with van der Waals surface area (Å²) in [5, 5.41) is 9.63. The highest BCUT2D eigenvalue weighted by Gasteiger charge is 2.09. The van der Waals surface area contributed by atoms with Gasteiger partial charge in [0, 0.05) is 15.1 Å². The van der Waals surface area contributed by atoms with Crippen LogP contribution in [0.2, 0.25) is 5.02 Å². The van der Waals surface area contributed by atoms with Gasteiger partial charge in [0.25, 0.3) is 0 Å². The lowest BCUT2D eigenvalue weighted by Gasteiger charge is -2.11. The van der Waals surface area contributed by atoms with Crippen molar-refractivity contribution in [3.05, 3.63) is 57.3 Å². The molecule has 0 saturated heterocycles. The van der Waals surface area contributed by atoms with Crippen LogP contribution in [-0.2, 0) is 6.61 Å². The second-order valence-corrected chi connectivity index (χ2v) is 4.94. The highest BCUT2D eigenvalue weighted by atomic mass is 79.9. The molecule has 5 heteroatoms. The van der Waals surface area contributed by atoms with E-state index in [0.717, 1.165) is 0 Å². The van der Waals surface area contributed by atoms with Crippen molar-refractivity contribution in [2.75, 3.05) is 0 Å². The molecular weight excluding hydrogens is 322 g/mol. The summed E-state index contributed by atoms with van der Waals surface area (Å²) in [5.74, 6) is -0.0744. The summed E-state index contributed by atoms with van der Waals surface area (Å²) in [6.07, 6.45) is 0. The van der Waals surface area contributed by atoms with Gasteiger partial charge in [0.15, 0.2) is 11.6 Å².